The van der Waals surface area contributed by atoms with Crippen LogP contribution in [0.25, 0.3) is 0 Å². The first-order valence-electron chi connectivity index (χ1n) is 7.66. The number of piperidine rings is 1. The summed E-state index contributed by atoms with van der Waals surface area (Å²) in [5.41, 5.74) is -0.441. The van der Waals surface area contributed by atoms with Crippen LogP contribution in [-0.2, 0) is 4.74 Å². The molecule has 1 saturated heterocycles. The van der Waals surface area contributed by atoms with Crippen LogP contribution >= 0.6 is 11.8 Å². The first-order valence-corrected chi connectivity index (χ1v) is 8.88. The largest absolute Gasteiger partial charge is 0.490 e. The van der Waals surface area contributed by atoms with Crippen molar-refractivity contribution in [2.45, 2.75) is 50.2 Å². The summed E-state index contributed by atoms with van der Waals surface area (Å²) in [6.07, 6.45) is 3.67. The minimum Gasteiger partial charge on any atom is -0.490 e. The van der Waals surface area contributed by atoms with Crippen LogP contribution in [0.4, 0.5) is 4.79 Å². The molecular formula is C17H25NO3S. The van der Waals surface area contributed by atoms with Crippen LogP contribution in [0.15, 0.2) is 29.2 Å². The van der Waals surface area contributed by atoms with Crippen molar-refractivity contribution in [3.63, 3.8) is 0 Å². The summed E-state index contributed by atoms with van der Waals surface area (Å²) in [7, 11) is 0. The number of likely N-dealkylation sites (tertiary alicyclic amines) is 1. The van der Waals surface area contributed by atoms with Gasteiger partial charge in [-0.05, 0) is 51.3 Å². The standard InChI is InChI=1S/C17H25NO3S/c1-17(2,3)21-16(19)18-11-9-14(10-12-18)20-13-5-7-15(22-4)8-6-13/h5-8,14H,9-12H2,1-4H3. The molecule has 1 aliphatic heterocycles. The van der Waals surface area contributed by atoms with Crippen molar-refractivity contribution in [1.82, 2.24) is 4.90 Å². The van der Waals surface area contributed by atoms with E-state index in [0.717, 1.165) is 18.6 Å². The van der Waals surface area contributed by atoms with Gasteiger partial charge in [-0.3, -0.25) is 0 Å². The van der Waals surface area contributed by atoms with Crippen LogP contribution in [0.3, 0.4) is 0 Å². The van der Waals surface area contributed by atoms with E-state index in [1.807, 2.05) is 32.9 Å². The van der Waals surface area contributed by atoms with Gasteiger partial charge >= 0.3 is 6.09 Å². The Morgan fingerprint density at radius 2 is 1.77 bits per heavy atom. The van der Waals surface area contributed by atoms with Gasteiger partial charge in [0.05, 0.1) is 0 Å². The van der Waals surface area contributed by atoms with Crippen molar-refractivity contribution < 1.29 is 14.3 Å². The molecule has 5 heteroatoms. The summed E-state index contributed by atoms with van der Waals surface area (Å²) in [6, 6.07) is 8.14. The highest BCUT2D eigenvalue weighted by molar-refractivity contribution is 7.98. The normalized spacial score (nSPS) is 16.5. The Morgan fingerprint density at radius 1 is 1.18 bits per heavy atom. The number of hydrogen-bond donors (Lipinski definition) is 0. The molecule has 1 fully saturated rings. The van der Waals surface area contributed by atoms with Crippen LogP contribution in [0.5, 0.6) is 5.75 Å². The molecule has 0 bridgehead atoms. The van der Waals surface area contributed by atoms with Gasteiger partial charge in [0.15, 0.2) is 0 Å². The first-order chi connectivity index (χ1) is 10.4. The first kappa shape index (κ1) is 17.0. The molecule has 0 aliphatic carbocycles. The number of carbonyl (C=O) groups is 1. The van der Waals surface area contributed by atoms with Crippen molar-refractivity contribution in [3.05, 3.63) is 24.3 Å². The third-order valence-electron chi connectivity index (χ3n) is 3.46. The van der Waals surface area contributed by atoms with E-state index in [0.29, 0.717) is 13.1 Å². The molecule has 1 aromatic rings. The summed E-state index contributed by atoms with van der Waals surface area (Å²) in [5, 5.41) is 0. The maximum Gasteiger partial charge on any atom is 0.410 e. The highest BCUT2D eigenvalue weighted by atomic mass is 32.2. The number of amides is 1. The van der Waals surface area contributed by atoms with Crippen LogP contribution in [0.2, 0.25) is 0 Å². The highest BCUT2D eigenvalue weighted by Gasteiger charge is 2.27. The third-order valence-corrected chi connectivity index (χ3v) is 4.20. The van der Waals surface area contributed by atoms with Gasteiger partial charge in [0, 0.05) is 30.8 Å². The second-order valence-corrected chi connectivity index (χ2v) is 7.34. The zero-order valence-electron chi connectivity index (χ0n) is 13.8. The maximum absolute atomic E-state index is 12.0. The monoisotopic (exact) mass is 323 g/mol. The molecule has 0 spiro atoms. The predicted molar refractivity (Wildman–Crippen MR) is 89.7 cm³/mol. The fourth-order valence-electron chi connectivity index (χ4n) is 2.33. The maximum atomic E-state index is 12.0. The summed E-state index contributed by atoms with van der Waals surface area (Å²) >= 11 is 1.72. The Labute approximate surface area is 137 Å². The summed E-state index contributed by atoms with van der Waals surface area (Å²) in [6.45, 7) is 7.03. The van der Waals surface area contributed by atoms with E-state index < -0.39 is 5.60 Å². The van der Waals surface area contributed by atoms with Gasteiger partial charge in [-0.2, -0.15) is 0 Å². The molecule has 1 heterocycles. The van der Waals surface area contributed by atoms with E-state index in [4.69, 9.17) is 9.47 Å². The third kappa shape index (κ3) is 5.13. The van der Waals surface area contributed by atoms with Gasteiger partial charge in [0.1, 0.15) is 17.5 Å². The van der Waals surface area contributed by atoms with Gasteiger partial charge in [0.25, 0.3) is 0 Å². The smallest absolute Gasteiger partial charge is 0.410 e. The fourth-order valence-corrected chi connectivity index (χ4v) is 2.74. The van der Waals surface area contributed by atoms with E-state index in [9.17, 15) is 4.79 Å². The lowest BCUT2D eigenvalue weighted by Crippen LogP contribution is -2.44. The van der Waals surface area contributed by atoms with E-state index in [1.165, 1.54) is 4.90 Å². The van der Waals surface area contributed by atoms with E-state index in [2.05, 4.69) is 18.4 Å². The molecule has 0 saturated carbocycles. The molecule has 122 valence electrons. The minimum atomic E-state index is -0.441. The highest BCUT2D eigenvalue weighted by Crippen LogP contribution is 2.23. The molecule has 1 aromatic carbocycles. The number of nitrogens with zero attached hydrogens (tertiary/aromatic N) is 1. The van der Waals surface area contributed by atoms with Crippen molar-refractivity contribution in [1.29, 1.82) is 0 Å². The number of thioether (sulfide) groups is 1. The molecule has 0 unspecified atom stereocenters. The molecule has 0 N–H and O–H groups in total. The van der Waals surface area contributed by atoms with Gasteiger partial charge < -0.3 is 14.4 Å². The van der Waals surface area contributed by atoms with Gasteiger partial charge in [-0.25, -0.2) is 4.79 Å². The molecule has 22 heavy (non-hydrogen) atoms. The summed E-state index contributed by atoms with van der Waals surface area (Å²) in [4.78, 5) is 15.0. The van der Waals surface area contributed by atoms with Gasteiger partial charge in [-0.15, -0.1) is 11.8 Å². The molecule has 4 nitrogen and oxygen atoms in total. The Bertz CT molecular complexity index is 488. The zero-order chi connectivity index (χ0) is 16.2. The number of benzene rings is 1. The molecule has 1 amide bonds. The predicted octanol–water partition coefficient (Wildman–Crippen LogP) is 4.19. The van der Waals surface area contributed by atoms with Crippen molar-refractivity contribution in [2.24, 2.45) is 0 Å². The lowest BCUT2D eigenvalue weighted by Gasteiger charge is -2.33. The second kappa shape index (κ2) is 7.27. The summed E-state index contributed by atoms with van der Waals surface area (Å²) < 4.78 is 11.4. The zero-order valence-corrected chi connectivity index (χ0v) is 14.6. The van der Waals surface area contributed by atoms with E-state index in [-0.39, 0.29) is 12.2 Å². The van der Waals surface area contributed by atoms with Gasteiger partial charge in [-0.1, -0.05) is 0 Å². The SMILES string of the molecule is CSc1ccc(OC2CCN(C(=O)OC(C)(C)C)CC2)cc1. The van der Waals surface area contributed by atoms with Crippen molar-refractivity contribution in [2.75, 3.05) is 19.3 Å². The minimum absolute atomic E-state index is 0.166. The van der Waals surface area contributed by atoms with E-state index >= 15 is 0 Å². The van der Waals surface area contributed by atoms with E-state index in [1.54, 1.807) is 16.7 Å². The van der Waals surface area contributed by atoms with Crippen LogP contribution < -0.4 is 4.74 Å². The Kier molecular flexibility index (Phi) is 5.62. The number of ether oxygens (including phenoxy) is 2. The topological polar surface area (TPSA) is 38.8 Å². The second-order valence-electron chi connectivity index (χ2n) is 6.46. The fraction of sp³-hybridized carbons (Fsp3) is 0.588. The number of carbonyl (C=O) groups excluding carboxylic acids is 1. The molecule has 2 rings (SSSR count). The average molecular weight is 323 g/mol. The molecule has 0 radical (unpaired) electrons. The van der Waals surface area contributed by atoms with Crippen LogP contribution in [0, 0.1) is 0 Å². The lowest BCUT2D eigenvalue weighted by molar-refractivity contribution is 0.0126. The Balaban J connectivity index is 1.80. The van der Waals surface area contributed by atoms with Crippen molar-refractivity contribution >= 4 is 17.9 Å². The molecule has 0 aromatic heterocycles. The summed E-state index contributed by atoms with van der Waals surface area (Å²) in [5.74, 6) is 0.897. The van der Waals surface area contributed by atoms with Gasteiger partial charge in [0.2, 0.25) is 0 Å². The van der Waals surface area contributed by atoms with Crippen molar-refractivity contribution in [3.8, 4) is 5.75 Å². The number of rotatable bonds is 3. The quantitative estimate of drug-likeness (QED) is 0.782. The molecule has 1 aliphatic rings. The van der Waals surface area contributed by atoms with Crippen LogP contribution in [-0.4, -0.2) is 42.0 Å². The average Bonchev–Trinajstić information content (AvgIpc) is 2.47. The Hall–Kier alpha value is -1.36. The molecular weight excluding hydrogens is 298 g/mol. The Morgan fingerprint density at radius 3 is 2.27 bits per heavy atom. The van der Waals surface area contributed by atoms with Crippen LogP contribution in [0.1, 0.15) is 33.6 Å². The lowest BCUT2D eigenvalue weighted by atomic mass is 10.1. The molecule has 0 atom stereocenters. The number of hydrogen-bond acceptors (Lipinski definition) is 4.